The molecule has 1 heterocycles. The summed E-state index contributed by atoms with van der Waals surface area (Å²) in [5.41, 5.74) is 0.996. The molecule has 1 unspecified atom stereocenters. The van der Waals surface area contributed by atoms with Crippen LogP contribution in [0, 0.1) is 0 Å². The van der Waals surface area contributed by atoms with Crippen LogP contribution in [0.5, 0.6) is 0 Å². The minimum atomic E-state index is -1.03. The SMILES string of the molecule is CC(=O)c1ccccc1NC(=O)C(C)OC(=O)c1cncc(Br)c1. The Labute approximate surface area is 147 Å². The fraction of sp³-hybridized carbons (Fsp3) is 0.176. The summed E-state index contributed by atoms with van der Waals surface area (Å²) in [6.07, 6.45) is 1.85. The number of ether oxygens (including phenoxy) is 1. The lowest BCUT2D eigenvalue weighted by molar-refractivity contribution is -0.123. The summed E-state index contributed by atoms with van der Waals surface area (Å²) in [4.78, 5) is 39.7. The van der Waals surface area contributed by atoms with Gasteiger partial charge in [-0.3, -0.25) is 14.6 Å². The summed E-state index contributed by atoms with van der Waals surface area (Å²) in [6, 6.07) is 8.18. The van der Waals surface area contributed by atoms with Gasteiger partial charge < -0.3 is 10.1 Å². The molecule has 124 valence electrons. The molecule has 0 aliphatic carbocycles. The van der Waals surface area contributed by atoms with E-state index in [4.69, 9.17) is 4.74 Å². The summed E-state index contributed by atoms with van der Waals surface area (Å²) in [5.74, 6) is -1.36. The highest BCUT2D eigenvalue weighted by Gasteiger charge is 2.20. The summed E-state index contributed by atoms with van der Waals surface area (Å²) < 4.78 is 5.76. The second kappa shape index (κ2) is 7.83. The Kier molecular flexibility index (Phi) is 5.81. The Balaban J connectivity index is 2.05. The number of esters is 1. The molecule has 1 amide bonds. The van der Waals surface area contributed by atoms with E-state index in [0.717, 1.165) is 0 Å². The van der Waals surface area contributed by atoms with Crippen molar-refractivity contribution in [1.82, 2.24) is 4.98 Å². The van der Waals surface area contributed by atoms with Crippen molar-refractivity contribution in [2.75, 3.05) is 5.32 Å². The fourth-order valence-corrected chi connectivity index (χ4v) is 2.30. The third-order valence-corrected chi connectivity index (χ3v) is 3.59. The molecule has 6 nitrogen and oxygen atoms in total. The molecule has 0 spiro atoms. The number of carbonyl (C=O) groups is 3. The van der Waals surface area contributed by atoms with Crippen LogP contribution in [0.15, 0.2) is 47.2 Å². The normalized spacial score (nSPS) is 11.5. The van der Waals surface area contributed by atoms with Gasteiger partial charge in [0.1, 0.15) is 0 Å². The average molecular weight is 391 g/mol. The summed E-state index contributed by atoms with van der Waals surface area (Å²) in [5, 5.41) is 2.60. The largest absolute Gasteiger partial charge is 0.449 e. The number of carbonyl (C=O) groups excluding carboxylic acids is 3. The van der Waals surface area contributed by atoms with Crippen molar-refractivity contribution in [3.63, 3.8) is 0 Å². The smallest absolute Gasteiger partial charge is 0.340 e. The van der Waals surface area contributed by atoms with Gasteiger partial charge >= 0.3 is 5.97 Å². The van der Waals surface area contributed by atoms with Gasteiger partial charge in [0, 0.05) is 22.4 Å². The van der Waals surface area contributed by atoms with Gasteiger partial charge in [-0.25, -0.2) is 4.79 Å². The van der Waals surface area contributed by atoms with Crippen molar-refractivity contribution in [3.8, 4) is 0 Å². The number of hydrogen-bond acceptors (Lipinski definition) is 5. The first-order valence-electron chi connectivity index (χ1n) is 7.11. The number of para-hydroxylation sites is 1. The minimum absolute atomic E-state index is 0.171. The molecule has 1 aromatic carbocycles. The van der Waals surface area contributed by atoms with Gasteiger partial charge in [-0.15, -0.1) is 0 Å². The van der Waals surface area contributed by atoms with Gasteiger partial charge in [-0.1, -0.05) is 12.1 Å². The summed E-state index contributed by atoms with van der Waals surface area (Å²) in [6.45, 7) is 2.86. The van der Waals surface area contributed by atoms with Crippen molar-refractivity contribution in [1.29, 1.82) is 0 Å². The van der Waals surface area contributed by atoms with Crippen molar-refractivity contribution >= 4 is 39.3 Å². The summed E-state index contributed by atoms with van der Waals surface area (Å²) >= 11 is 3.21. The number of Topliss-reactive ketones (excluding diaryl/α,β-unsaturated/α-hetero) is 1. The first-order chi connectivity index (χ1) is 11.4. The number of nitrogens with one attached hydrogen (secondary N) is 1. The van der Waals surface area contributed by atoms with Crippen molar-refractivity contribution in [2.45, 2.75) is 20.0 Å². The van der Waals surface area contributed by atoms with Crippen LogP contribution < -0.4 is 5.32 Å². The molecule has 0 fully saturated rings. The minimum Gasteiger partial charge on any atom is -0.449 e. The predicted octanol–water partition coefficient (Wildman–Crippen LogP) is 3.23. The lowest BCUT2D eigenvalue weighted by Crippen LogP contribution is -2.30. The Hall–Kier alpha value is -2.54. The number of amides is 1. The number of hydrogen-bond donors (Lipinski definition) is 1. The van der Waals surface area contributed by atoms with Crippen LogP contribution in [0.4, 0.5) is 5.69 Å². The molecule has 1 atom stereocenters. The molecule has 1 aromatic heterocycles. The number of rotatable bonds is 5. The number of pyridine rings is 1. The second-order valence-electron chi connectivity index (χ2n) is 5.03. The van der Waals surface area contributed by atoms with Crippen LogP contribution in [0.2, 0.25) is 0 Å². The lowest BCUT2D eigenvalue weighted by atomic mass is 10.1. The molecule has 1 N–H and O–H groups in total. The average Bonchev–Trinajstić information content (AvgIpc) is 2.55. The van der Waals surface area contributed by atoms with E-state index in [0.29, 0.717) is 15.7 Å². The lowest BCUT2D eigenvalue weighted by Gasteiger charge is -2.15. The third-order valence-electron chi connectivity index (χ3n) is 3.16. The number of nitrogens with zero attached hydrogens (tertiary/aromatic N) is 1. The van der Waals surface area contributed by atoms with Crippen molar-refractivity contribution < 1.29 is 19.1 Å². The van der Waals surface area contributed by atoms with Gasteiger partial charge in [-0.2, -0.15) is 0 Å². The molecule has 0 aliphatic rings. The van der Waals surface area contributed by atoms with Crippen molar-refractivity contribution in [2.24, 2.45) is 0 Å². The Morgan fingerprint density at radius 3 is 2.58 bits per heavy atom. The van der Waals surface area contributed by atoms with E-state index in [2.05, 4.69) is 26.2 Å². The maximum absolute atomic E-state index is 12.2. The topological polar surface area (TPSA) is 85.4 Å². The number of halogens is 1. The van der Waals surface area contributed by atoms with E-state index in [1.807, 2.05) is 0 Å². The van der Waals surface area contributed by atoms with Crippen LogP contribution >= 0.6 is 15.9 Å². The van der Waals surface area contributed by atoms with E-state index >= 15 is 0 Å². The Morgan fingerprint density at radius 1 is 1.21 bits per heavy atom. The molecule has 7 heteroatoms. The van der Waals surface area contributed by atoms with Gasteiger partial charge in [0.05, 0.1) is 11.3 Å². The maximum atomic E-state index is 12.2. The molecule has 2 rings (SSSR count). The van der Waals surface area contributed by atoms with E-state index in [-0.39, 0.29) is 11.3 Å². The maximum Gasteiger partial charge on any atom is 0.340 e. The number of benzene rings is 1. The molecule has 0 saturated heterocycles. The van der Waals surface area contributed by atoms with Crippen LogP contribution in [0.1, 0.15) is 34.6 Å². The van der Waals surface area contributed by atoms with Crippen LogP contribution in [0.25, 0.3) is 0 Å². The fourth-order valence-electron chi connectivity index (χ4n) is 1.94. The van der Waals surface area contributed by atoms with Gasteiger partial charge in [0.15, 0.2) is 11.9 Å². The zero-order valence-corrected chi connectivity index (χ0v) is 14.7. The van der Waals surface area contributed by atoms with E-state index in [9.17, 15) is 14.4 Å². The first kappa shape index (κ1) is 17.8. The zero-order chi connectivity index (χ0) is 17.7. The van der Waals surface area contributed by atoms with Gasteiger partial charge in [0.2, 0.25) is 0 Å². The number of anilines is 1. The molecule has 0 bridgehead atoms. The van der Waals surface area contributed by atoms with E-state index in [1.165, 1.54) is 26.2 Å². The molecular weight excluding hydrogens is 376 g/mol. The van der Waals surface area contributed by atoms with E-state index in [1.54, 1.807) is 30.3 Å². The highest BCUT2D eigenvalue weighted by atomic mass is 79.9. The summed E-state index contributed by atoms with van der Waals surface area (Å²) in [7, 11) is 0. The van der Waals surface area contributed by atoms with Gasteiger partial charge in [0.25, 0.3) is 5.91 Å². The van der Waals surface area contributed by atoms with Crippen molar-refractivity contribution in [3.05, 3.63) is 58.3 Å². The first-order valence-corrected chi connectivity index (χ1v) is 7.90. The Bertz CT molecular complexity index is 792. The van der Waals surface area contributed by atoms with Crippen LogP contribution in [0.3, 0.4) is 0 Å². The molecule has 0 saturated carbocycles. The highest BCUT2D eigenvalue weighted by Crippen LogP contribution is 2.17. The Morgan fingerprint density at radius 2 is 1.92 bits per heavy atom. The predicted molar refractivity (Wildman–Crippen MR) is 91.9 cm³/mol. The molecule has 0 radical (unpaired) electrons. The molecule has 0 aliphatic heterocycles. The second-order valence-corrected chi connectivity index (χ2v) is 5.95. The zero-order valence-electron chi connectivity index (χ0n) is 13.1. The van der Waals surface area contributed by atoms with Crippen LogP contribution in [-0.2, 0) is 9.53 Å². The quantitative estimate of drug-likeness (QED) is 0.625. The van der Waals surface area contributed by atoms with Gasteiger partial charge in [-0.05, 0) is 48.0 Å². The van der Waals surface area contributed by atoms with Crippen LogP contribution in [-0.4, -0.2) is 28.7 Å². The highest BCUT2D eigenvalue weighted by molar-refractivity contribution is 9.10. The third kappa shape index (κ3) is 4.48. The van der Waals surface area contributed by atoms with E-state index < -0.39 is 18.0 Å². The molecule has 24 heavy (non-hydrogen) atoms. The number of ketones is 1. The molecule has 2 aromatic rings. The standard InChI is InChI=1S/C17H15BrN2O4/c1-10(21)14-5-3-4-6-15(14)20-16(22)11(2)24-17(23)12-7-13(18)9-19-8-12/h3-9,11H,1-2H3,(H,20,22). The molecular formula is C17H15BrN2O4. The monoisotopic (exact) mass is 390 g/mol. The number of aromatic nitrogens is 1.